The van der Waals surface area contributed by atoms with Crippen molar-refractivity contribution in [2.45, 2.75) is 0 Å². The lowest BCUT2D eigenvalue weighted by atomic mass is 10.00. The molecule has 3 aromatic carbocycles. The number of rotatable bonds is 2. The molecule has 0 bridgehead atoms. The normalized spacial score (nSPS) is 10.3. The van der Waals surface area contributed by atoms with Crippen molar-refractivity contribution in [3.63, 3.8) is 0 Å². The van der Waals surface area contributed by atoms with Crippen molar-refractivity contribution in [3.05, 3.63) is 78.9 Å². The summed E-state index contributed by atoms with van der Waals surface area (Å²) in [7, 11) is 0. The Kier molecular flexibility index (Phi) is 3.03. The van der Waals surface area contributed by atoms with Gasteiger partial charge in [0.15, 0.2) is 5.75 Å². The second-order valence-electron chi connectivity index (χ2n) is 4.44. The summed E-state index contributed by atoms with van der Waals surface area (Å²) < 4.78 is 0. The first-order valence-corrected chi connectivity index (χ1v) is 6.26. The van der Waals surface area contributed by atoms with Gasteiger partial charge in [-0.15, -0.1) is 0 Å². The molecule has 0 N–H and O–H groups in total. The Hall–Kier alpha value is -2.54. The van der Waals surface area contributed by atoms with Crippen molar-refractivity contribution in [1.29, 1.82) is 0 Å². The van der Waals surface area contributed by atoms with Gasteiger partial charge in [0.2, 0.25) is 0 Å². The molecule has 19 heavy (non-hydrogen) atoms. The van der Waals surface area contributed by atoms with Crippen LogP contribution in [0.25, 0.3) is 22.3 Å². The van der Waals surface area contributed by atoms with Gasteiger partial charge >= 0.3 is 0 Å². The number of hydrogen-bond acceptors (Lipinski definition) is 0. The van der Waals surface area contributed by atoms with E-state index in [0.29, 0.717) is 0 Å². The van der Waals surface area contributed by atoms with Crippen LogP contribution in [0.5, 0.6) is 5.75 Å². The third-order valence-corrected chi connectivity index (χ3v) is 3.19. The molecule has 0 unspecified atom stereocenters. The topological polar surface area (TPSA) is 19.9 Å². The van der Waals surface area contributed by atoms with Gasteiger partial charge in [0.1, 0.15) is 0 Å². The Labute approximate surface area is 112 Å². The van der Waals surface area contributed by atoms with Crippen molar-refractivity contribution in [2.24, 2.45) is 0 Å². The Bertz CT molecular complexity index is 670. The molecule has 0 aliphatic carbocycles. The average Bonchev–Trinajstić information content (AvgIpc) is 2.49. The molecule has 3 rings (SSSR count). The van der Waals surface area contributed by atoms with Crippen LogP contribution in [0.2, 0.25) is 0 Å². The first kappa shape index (κ1) is 11.5. The van der Waals surface area contributed by atoms with Gasteiger partial charge < -0.3 is 0 Å². The fraction of sp³-hybridized carbons (Fsp3) is 0. The minimum Gasteiger partial charge on any atom is -0.289 e. The predicted octanol–water partition coefficient (Wildman–Crippen LogP) is 5.16. The number of hydrogen-bond donors (Lipinski definition) is 0. The summed E-state index contributed by atoms with van der Waals surface area (Å²) in [6.45, 7) is 0. The van der Waals surface area contributed by atoms with E-state index >= 15 is 0 Å². The quantitative estimate of drug-likeness (QED) is 0.594. The van der Waals surface area contributed by atoms with Gasteiger partial charge in [-0.25, -0.2) is 0 Å². The Balaban J connectivity index is 1.98. The van der Waals surface area contributed by atoms with Crippen LogP contribution < -0.4 is 0 Å². The predicted molar refractivity (Wildman–Crippen MR) is 77.4 cm³/mol. The molecule has 0 aliphatic rings. The highest BCUT2D eigenvalue weighted by Crippen LogP contribution is 2.30. The average molecular weight is 245 g/mol. The van der Waals surface area contributed by atoms with Crippen molar-refractivity contribution in [2.75, 3.05) is 0 Å². The van der Waals surface area contributed by atoms with Crippen LogP contribution in [-0.2, 0) is 5.11 Å². The highest BCUT2D eigenvalue weighted by molar-refractivity contribution is 5.73. The maximum atomic E-state index is 11.8. The fourth-order valence-electron chi connectivity index (χ4n) is 2.18. The van der Waals surface area contributed by atoms with Crippen molar-refractivity contribution >= 4 is 0 Å². The second kappa shape index (κ2) is 4.99. The molecule has 3 aromatic rings. The van der Waals surface area contributed by atoms with Gasteiger partial charge in [0, 0.05) is 5.56 Å². The van der Waals surface area contributed by atoms with E-state index in [1.165, 1.54) is 5.56 Å². The molecule has 1 nitrogen and oxygen atoms in total. The van der Waals surface area contributed by atoms with Crippen LogP contribution in [0.1, 0.15) is 0 Å². The van der Waals surface area contributed by atoms with Gasteiger partial charge in [-0.1, -0.05) is 72.8 Å². The minimum atomic E-state index is 0.0648. The summed E-state index contributed by atoms with van der Waals surface area (Å²) in [5.74, 6) is 0.0648. The highest BCUT2D eigenvalue weighted by atomic mass is 16.3. The van der Waals surface area contributed by atoms with Crippen molar-refractivity contribution < 1.29 is 5.11 Å². The first-order valence-electron chi connectivity index (χ1n) is 6.26. The standard InChI is InChI=1S/C18H13O/c19-18-9-5-4-8-17(18)16-12-10-15(11-13-16)14-6-2-1-3-7-14/h1-13H. The lowest BCUT2D eigenvalue weighted by molar-refractivity contribution is 0.356. The summed E-state index contributed by atoms with van der Waals surface area (Å²) in [5.41, 5.74) is 4.06. The van der Waals surface area contributed by atoms with Gasteiger partial charge in [-0.3, -0.25) is 5.11 Å². The first-order chi connectivity index (χ1) is 9.34. The zero-order valence-electron chi connectivity index (χ0n) is 10.4. The molecular weight excluding hydrogens is 232 g/mol. The third kappa shape index (κ3) is 2.36. The molecule has 0 aliphatic heterocycles. The molecule has 0 saturated heterocycles. The van der Waals surface area contributed by atoms with Crippen LogP contribution >= 0.6 is 0 Å². The van der Waals surface area contributed by atoms with Crippen molar-refractivity contribution in [1.82, 2.24) is 0 Å². The zero-order chi connectivity index (χ0) is 13.1. The van der Waals surface area contributed by atoms with Crippen molar-refractivity contribution in [3.8, 4) is 28.0 Å². The molecule has 0 amide bonds. The maximum Gasteiger partial charge on any atom is 0.186 e. The molecule has 0 heterocycles. The van der Waals surface area contributed by atoms with Crippen LogP contribution in [0, 0.1) is 0 Å². The molecule has 91 valence electrons. The third-order valence-electron chi connectivity index (χ3n) is 3.19. The van der Waals surface area contributed by atoms with Crippen LogP contribution in [-0.4, -0.2) is 0 Å². The largest absolute Gasteiger partial charge is 0.289 e. The minimum absolute atomic E-state index is 0.0648. The fourth-order valence-corrected chi connectivity index (χ4v) is 2.18. The number of para-hydroxylation sites is 1. The summed E-state index contributed by atoms with van der Waals surface area (Å²) in [5, 5.41) is 11.8. The number of benzene rings is 3. The van der Waals surface area contributed by atoms with E-state index in [9.17, 15) is 5.11 Å². The maximum absolute atomic E-state index is 11.8. The molecular formula is C18H13O. The van der Waals surface area contributed by atoms with Gasteiger partial charge in [0.25, 0.3) is 0 Å². The van der Waals surface area contributed by atoms with E-state index in [1.54, 1.807) is 12.1 Å². The monoisotopic (exact) mass is 245 g/mol. The summed E-state index contributed by atoms with van der Waals surface area (Å²) >= 11 is 0. The van der Waals surface area contributed by atoms with Crippen LogP contribution in [0.15, 0.2) is 78.9 Å². The second-order valence-corrected chi connectivity index (χ2v) is 4.44. The smallest absolute Gasteiger partial charge is 0.186 e. The van der Waals surface area contributed by atoms with E-state index in [-0.39, 0.29) is 5.75 Å². The Morgan fingerprint density at radius 1 is 0.474 bits per heavy atom. The Morgan fingerprint density at radius 2 is 1.00 bits per heavy atom. The molecule has 0 saturated carbocycles. The van der Waals surface area contributed by atoms with E-state index < -0.39 is 0 Å². The van der Waals surface area contributed by atoms with Gasteiger partial charge in [0.05, 0.1) is 0 Å². The van der Waals surface area contributed by atoms with Crippen LogP contribution in [0.4, 0.5) is 0 Å². The summed E-state index contributed by atoms with van der Waals surface area (Å²) in [4.78, 5) is 0. The molecule has 0 aromatic heterocycles. The zero-order valence-corrected chi connectivity index (χ0v) is 10.4. The van der Waals surface area contributed by atoms with Gasteiger partial charge in [-0.05, 0) is 22.8 Å². The molecule has 0 fully saturated rings. The SMILES string of the molecule is [O]c1ccccc1-c1ccc(-c2ccccc2)cc1. The Morgan fingerprint density at radius 3 is 1.68 bits per heavy atom. The molecule has 1 heteroatoms. The lowest BCUT2D eigenvalue weighted by Crippen LogP contribution is -1.80. The van der Waals surface area contributed by atoms with E-state index in [2.05, 4.69) is 24.3 Å². The molecule has 0 spiro atoms. The molecule has 1 radical (unpaired) electrons. The molecule has 0 atom stereocenters. The van der Waals surface area contributed by atoms with E-state index in [0.717, 1.165) is 16.7 Å². The summed E-state index contributed by atoms with van der Waals surface area (Å²) in [6, 6.07) is 25.4. The van der Waals surface area contributed by atoms with E-state index in [4.69, 9.17) is 0 Å². The summed E-state index contributed by atoms with van der Waals surface area (Å²) in [6.07, 6.45) is 0. The van der Waals surface area contributed by atoms with Gasteiger partial charge in [-0.2, -0.15) is 0 Å². The van der Waals surface area contributed by atoms with E-state index in [1.807, 2.05) is 42.5 Å². The lowest BCUT2D eigenvalue weighted by Gasteiger charge is -2.05. The van der Waals surface area contributed by atoms with Crippen LogP contribution in [0.3, 0.4) is 0 Å². The highest BCUT2D eigenvalue weighted by Gasteiger charge is 2.04.